The average Bonchev–Trinajstić information content (AvgIpc) is 2.46. The minimum Gasteiger partial charge on any atom is -0.391 e. The first kappa shape index (κ1) is 12.2. The van der Waals surface area contributed by atoms with Crippen LogP contribution in [0.2, 0.25) is 0 Å². The molecule has 1 aromatic rings. The summed E-state index contributed by atoms with van der Waals surface area (Å²) in [6, 6.07) is 0. The molecule has 0 saturated heterocycles. The third-order valence-electron chi connectivity index (χ3n) is 2.19. The minimum absolute atomic E-state index is 0.331. The molecular formula is C11H21N3O. The van der Waals surface area contributed by atoms with E-state index in [2.05, 4.69) is 37.8 Å². The molecule has 0 radical (unpaired) electrons. The fraction of sp³-hybridized carbons (Fsp3) is 0.818. The lowest BCUT2D eigenvalue weighted by Crippen LogP contribution is -2.16. The van der Waals surface area contributed by atoms with Crippen molar-refractivity contribution < 1.29 is 5.11 Å². The average molecular weight is 211 g/mol. The largest absolute Gasteiger partial charge is 0.391 e. The number of aliphatic hydroxyl groups is 1. The van der Waals surface area contributed by atoms with Crippen LogP contribution in [0.15, 0.2) is 0 Å². The zero-order valence-electron chi connectivity index (χ0n) is 10.2. The molecule has 0 aromatic carbocycles. The first-order valence-corrected chi connectivity index (χ1v) is 5.54. The molecule has 0 fully saturated rings. The highest BCUT2D eigenvalue weighted by Crippen LogP contribution is 2.16. The van der Waals surface area contributed by atoms with Crippen LogP contribution >= 0.6 is 0 Å². The summed E-state index contributed by atoms with van der Waals surface area (Å²) >= 11 is 0. The van der Waals surface area contributed by atoms with Crippen LogP contribution in [0.25, 0.3) is 0 Å². The predicted octanol–water partition coefficient (Wildman–Crippen LogP) is 1.91. The van der Waals surface area contributed by atoms with Crippen LogP contribution in [-0.2, 0) is 6.54 Å². The van der Waals surface area contributed by atoms with Crippen LogP contribution in [-0.4, -0.2) is 26.0 Å². The normalized spacial score (nSPS) is 13.9. The van der Waals surface area contributed by atoms with E-state index in [1.165, 1.54) is 0 Å². The van der Waals surface area contributed by atoms with Gasteiger partial charge in [0.15, 0.2) is 5.82 Å². The van der Waals surface area contributed by atoms with Crippen LogP contribution in [0.3, 0.4) is 0 Å². The van der Waals surface area contributed by atoms with Crippen molar-refractivity contribution in [2.45, 2.75) is 59.1 Å². The van der Waals surface area contributed by atoms with E-state index in [0.717, 1.165) is 11.6 Å². The Balaban J connectivity index is 3.00. The molecule has 1 N–H and O–H groups in total. The molecule has 4 nitrogen and oxygen atoms in total. The highest BCUT2D eigenvalue weighted by molar-refractivity contribution is 5.01. The Hall–Kier alpha value is -0.900. The lowest BCUT2D eigenvalue weighted by Gasteiger charge is -2.09. The molecule has 86 valence electrons. The summed E-state index contributed by atoms with van der Waals surface area (Å²) in [5, 5.41) is 13.8. The second kappa shape index (κ2) is 4.75. The van der Waals surface area contributed by atoms with Crippen molar-refractivity contribution in [2.75, 3.05) is 0 Å². The van der Waals surface area contributed by atoms with Crippen molar-refractivity contribution in [2.24, 2.45) is 0 Å². The number of hydrogen-bond donors (Lipinski definition) is 1. The zero-order valence-corrected chi connectivity index (χ0v) is 10.2. The van der Waals surface area contributed by atoms with Gasteiger partial charge in [-0.2, -0.15) is 5.10 Å². The Bertz CT molecular complexity index is 316. The van der Waals surface area contributed by atoms with E-state index in [1.807, 2.05) is 4.68 Å². The second-order valence-electron chi connectivity index (χ2n) is 4.67. The minimum atomic E-state index is -0.385. The first-order chi connectivity index (χ1) is 6.91. The molecule has 0 aliphatic rings. The van der Waals surface area contributed by atoms with Gasteiger partial charge in [0, 0.05) is 11.8 Å². The molecule has 1 aromatic heterocycles. The molecule has 1 rings (SSSR count). The number of nitrogens with zero attached hydrogens (tertiary/aromatic N) is 3. The number of aliphatic hydroxyl groups excluding tert-OH is 1. The Labute approximate surface area is 91.3 Å². The molecule has 0 saturated carbocycles. The van der Waals surface area contributed by atoms with Gasteiger partial charge in [-0.3, -0.25) is 0 Å². The molecule has 0 aliphatic carbocycles. The van der Waals surface area contributed by atoms with Crippen LogP contribution in [0.4, 0.5) is 0 Å². The maximum Gasteiger partial charge on any atom is 0.153 e. The Morgan fingerprint density at radius 1 is 1.13 bits per heavy atom. The van der Waals surface area contributed by atoms with Crippen LogP contribution < -0.4 is 0 Å². The highest BCUT2D eigenvalue weighted by atomic mass is 16.3. The van der Waals surface area contributed by atoms with Gasteiger partial charge in [0.05, 0.1) is 12.6 Å². The highest BCUT2D eigenvalue weighted by Gasteiger charge is 2.15. The zero-order chi connectivity index (χ0) is 11.6. The van der Waals surface area contributed by atoms with E-state index >= 15 is 0 Å². The standard InChI is InChI=1S/C11H21N3O/c1-7(2)10-12-11(8(3)4)14(13-10)6-9(5)15/h7-9,15H,6H2,1-5H3. The van der Waals surface area contributed by atoms with Crippen LogP contribution in [0.1, 0.15) is 58.1 Å². The Morgan fingerprint density at radius 2 is 1.73 bits per heavy atom. The third-order valence-corrected chi connectivity index (χ3v) is 2.19. The van der Waals surface area contributed by atoms with Crippen molar-refractivity contribution in [3.8, 4) is 0 Å². The van der Waals surface area contributed by atoms with E-state index in [9.17, 15) is 5.11 Å². The lowest BCUT2D eigenvalue weighted by molar-refractivity contribution is 0.166. The van der Waals surface area contributed by atoms with Gasteiger partial charge in [-0.05, 0) is 6.92 Å². The van der Waals surface area contributed by atoms with Crippen molar-refractivity contribution in [1.82, 2.24) is 14.8 Å². The van der Waals surface area contributed by atoms with Gasteiger partial charge in [0.2, 0.25) is 0 Å². The molecule has 15 heavy (non-hydrogen) atoms. The Kier molecular flexibility index (Phi) is 3.85. The quantitative estimate of drug-likeness (QED) is 0.827. The molecular weight excluding hydrogens is 190 g/mol. The third kappa shape index (κ3) is 3.02. The number of hydrogen-bond acceptors (Lipinski definition) is 3. The van der Waals surface area contributed by atoms with E-state index in [-0.39, 0.29) is 6.10 Å². The first-order valence-electron chi connectivity index (χ1n) is 5.54. The van der Waals surface area contributed by atoms with Crippen molar-refractivity contribution in [3.05, 3.63) is 11.6 Å². The summed E-state index contributed by atoms with van der Waals surface area (Å²) in [7, 11) is 0. The van der Waals surface area contributed by atoms with Crippen molar-refractivity contribution in [3.63, 3.8) is 0 Å². The number of rotatable bonds is 4. The monoisotopic (exact) mass is 211 g/mol. The summed E-state index contributed by atoms with van der Waals surface area (Å²) in [4.78, 5) is 4.50. The second-order valence-corrected chi connectivity index (χ2v) is 4.67. The molecule has 1 atom stereocenters. The van der Waals surface area contributed by atoms with E-state index in [4.69, 9.17) is 0 Å². The Morgan fingerprint density at radius 3 is 2.13 bits per heavy atom. The molecule has 1 unspecified atom stereocenters. The summed E-state index contributed by atoms with van der Waals surface area (Å²) in [5.74, 6) is 2.49. The maximum absolute atomic E-state index is 9.37. The van der Waals surface area contributed by atoms with E-state index in [1.54, 1.807) is 6.92 Å². The maximum atomic E-state index is 9.37. The topological polar surface area (TPSA) is 50.9 Å². The summed E-state index contributed by atoms with van der Waals surface area (Å²) in [5.41, 5.74) is 0. The molecule has 0 spiro atoms. The van der Waals surface area contributed by atoms with Crippen LogP contribution in [0, 0.1) is 0 Å². The summed E-state index contributed by atoms with van der Waals surface area (Å²) in [6.45, 7) is 10.6. The molecule has 0 aliphatic heterocycles. The summed E-state index contributed by atoms with van der Waals surface area (Å²) < 4.78 is 1.82. The number of aromatic nitrogens is 3. The van der Waals surface area contributed by atoms with Gasteiger partial charge >= 0.3 is 0 Å². The fourth-order valence-electron chi connectivity index (χ4n) is 1.43. The molecule has 0 amide bonds. The van der Waals surface area contributed by atoms with Gasteiger partial charge in [0.1, 0.15) is 5.82 Å². The SMILES string of the molecule is CC(O)Cn1nc(C(C)C)nc1C(C)C. The molecule has 4 heteroatoms. The predicted molar refractivity (Wildman–Crippen MR) is 59.9 cm³/mol. The van der Waals surface area contributed by atoms with E-state index < -0.39 is 0 Å². The van der Waals surface area contributed by atoms with Gasteiger partial charge in [0.25, 0.3) is 0 Å². The van der Waals surface area contributed by atoms with Crippen molar-refractivity contribution in [1.29, 1.82) is 0 Å². The van der Waals surface area contributed by atoms with Gasteiger partial charge < -0.3 is 5.11 Å². The van der Waals surface area contributed by atoms with E-state index in [0.29, 0.717) is 18.4 Å². The van der Waals surface area contributed by atoms with Gasteiger partial charge in [-0.15, -0.1) is 0 Å². The molecule has 1 heterocycles. The molecule has 0 bridgehead atoms. The fourth-order valence-corrected chi connectivity index (χ4v) is 1.43. The lowest BCUT2D eigenvalue weighted by atomic mass is 10.2. The van der Waals surface area contributed by atoms with Gasteiger partial charge in [-0.1, -0.05) is 27.7 Å². The smallest absolute Gasteiger partial charge is 0.153 e. The van der Waals surface area contributed by atoms with Gasteiger partial charge in [-0.25, -0.2) is 9.67 Å². The van der Waals surface area contributed by atoms with Crippen LogP contribution in [0.5, 0.6) is 0 Å². The summed E-state index contributed by atoms with van der Waals surface area (Å²) in [6.07, 6.45) is -0.385. The van der Waals surface area contributed by atoms with Crippen molar-refractivity contribution >= 4 is 0 Å².